The summed E-state index contributed by atoms with van der Waals surface area (Å²) in [5.41, 5.74) is 1.24. The fourth-order valence-electron chi connectivity index (χ4n) is 1.89. The van der Waals surface area contributed by atoms with Crippen molar-refractivity contribution in [2.75, 3.05) is 6.61 Å². The molecule has 0 spiro atoms. The highest BCUT2D eigenvalue weighted by atomic mass is 79.9. The van der Waals surface area contributed by atoms with E-state index in [9.17, 15) is 0 Å². The van der Waals surface area contributed by atoms with Crippen LogP contribution in [0.25, 0.3) is 10.8 Å². The molecular weight excluding hydrogens is 400 g/mol. The topological polar surface area (TPSA) is 12.5 Å². The lowest BCUT2D eigenvalue weighted by atomic mass is 10.0. The largest absolute Gasteiger partial charge is 0.368 e. The number of fused-ring (bicyclic) bond motifs is 1. The number of halogens is 3. The van der Waals surface area contributed by atoms with Gasteiger partial charge in [0.2, 0.25) is 0 Å². The molecule has 0 saturated carbocycles. The van der Waals surface area contributed by atoms with Gasteiger partial charge in [-0.05, 0) is 58.6 Å². The smallest absolute Gasteiger partial charge is 0.108 e. The summed E-state index contributed by atoms with van der Waals surface area (Å²) in [6.07, 6.45) is 0.240. The Morgan fingerprint density at radius 2 is 1.56 bits per heavy atom. The number of epoxide rings is 1. The van der Waals surface area contributed by atoms with Crippen LogP contribution in [0.2, 0.25) is 0 Å². The zero-order valence-electron chi connectivity index (χ0n) is 8.14. The third kappa shape index (κ3) is 1.67. The van der Waals surface area contributed by atoms with Gasteiger partial charge in [-0.3, -0.25) is 0 Å². The van der Waals surface area contributed by atoms with Gasteiger partial charge in [0.05, 0.1) is 6.61 Å². The van der Waals surface area contributed by atoms with Crippen LogP contribution < -0.4 is 0 Å². The van der Waals surface area contributed by atoms with Gasteiger partial charge in [-0.15, -0.1) is 0 Å². The molecule has 2 aromatic rings. The van der Waals surface area contributed by atoms with Crippen LogP contribution in [-0.2, 0) is 4.74 Å². The Labute approximate surface area is 119 Å². The molecule has 0 aliphatic carbocycles. The average molecular weight is 407 g/mol. The van der Waals surface area contributed by atoms with Gasteiger partial charge >= 0.3 is 0 Å². The van der Waals surface area contributed by atoms with Crippen molar-refractivity contribution in [3.05, 3.63) is 43.2 Å². The lowest BCUT2D eigenvalue weighted by molar-refractivity contribution is 0.416. The molecule has 1 unspecified atom stereocenters. The summed E-state index contributed by atoms with van der Waals surface area (Å²) in [6.45, 7) is 0.816. The van der Waals surface area contributed by atoms with Gasteiger partial charge in [0.1, 0.15) is 6.10 Å². The summed E-state index contributed by atoms with van der Waals surface area (Å²) >= 11 is 10.9. The first-order chi connectivity index (χ1) is 7.70. The van der Waals surface area contributed by atoms with Crippen molar-refractivity contribution in [3.8, 4) is 0 Å². The molecule has 0 radical (unpaired) electrons. The van der Waals surface area contributed by atoms with E-state index in [0.29, 0.717) is 0 Å². The van der Waals surface area contributed by atoms with Crippen molar-refractivity contribution < 1.29 is 4.74 Å². The van der Waals surface area contributed by atoms with Crippen molar-refractivity contribution in [3.63, 3.8) is 0 Å². The first-order valence-electron chi connectivity index (χ1n) is 4.87. The van der Waals surface area contributed by atoms with Gasteiger partial charge in [-0.2, -0.15) is 0 Å². The predicted octanol–water partition coefficient (Wildman–Crippen LogP) is 5.20. The molecule has 82 valence electrons. The summed E-state index contributed by atoms with van der Waals surface area (Å²) in [6, 6.07) is 8.35. The highest BCUT2D eigenvalue weighted by Crippen LogP contribution is 2.46. The standard InChI is InChI=1S/C12H7Br3O/c13-10-7-4-2-1-3-6(7)9(8-5-16-8)11(14)12(10)15/h1-4,8H,5H2. The molecule has 1 heterocycles. The summed E-state index contributed by atoms with van der Waals surface area (Å²) in [7, 11) is 0. The molecule has 1 fully saturated rings. The first kappa shape index (κ1) is 11.2. The Bertz CT molecular complexity index is 576. The Kier molecular flexibility index (Phi) is 2.86. The molecule has 4 heteroatoms. The predicted molar refractivity (Wildman–Crippen MR) is 75.7 cm³/mol. The molecule has 0 bridgehead atoms. The van der Waals surface area contributed by atoms with Gasteiger partial charge in [0.15, 0.2) is 0 Å². The summed E-state index contributed by atoms with van der Waals surface area (Å²) in [4.78, 5) is 0. The molecule has 0 N–H and O–H groups in total. The Hall–Kier alpha value is 0.1000. The maximum Gasteiger partial charge on any atom is 0.108 e. The number of rotatable bonds is 1. The van der Waals surface area contributed by atoms with Gasteiger partial charge in [-0.1, -0.05) is 24.3 Å². The average Bonchev–Trinajstić information content (AvgIpc) is 3.11. The molecule has 1 aliphatic heterocycles. The molecule has 2 aromatic carbocycles. The van der Waals surface area contributed by atoms with Crippen LogP contribution >= 0.6 is 47.8 Å². The zero-order chi connectivity index (χ0) is 11.3. The van der Waals surface area contributed by atoms with E-state index in [1.165, 1.54) is 16.3 Å². The molecule has 1 nitrogen and oxygen atoms in total. The highest BCUT2D eigenvalue weighted by Gasteiger charge is 2.30. The molecular formula is C12H7Br3O. The highest BCUT2D eigenvalue weighted by molar-refractivity contribution is 9.14. The fraction of sp³-hybridized carbons (Fsp3) is 0.167. The van der Waals surface area contributed by atoms with Crippen LogP contribution in [0.15, 0.2) is 37.7 Å². The zero-order valence-corrected chi connectivity index (χ0v) is 12.9. The third-order valence-corrected chi connectivity index (χ3v) is 6.24. The molecule has 1 saturated heterocycles. The summed E-state index contributed by atoms with van der Waals surface area (Å²) in [5, 5.41) is 2.45. The Balaban J connectivity index is 2.46. The number of ether oxygens (including phenoxy) is 1. The molecule has 1 atom stereocenters. The Morgan fingerprint density at radius 1 is 0.938 bits per heavy atom. The SMILES string of the molecule is Brc1c(Br)c(C2CO2)c2ccccc2c1Br. The van der Waals surface area contributed by atoms with Crippen LogP contribution in [0.4, 0.5) is 0 Å². The van der Waals surface area contributed by atoms with Crippen LogP contribution in [0.1, 0.15) is 11.7 Å². The van der Waals surface area contributed by atoms with E-state index < -0.39 is 0 Å². The second kappa shape index (κ2) is 4.09. The number of hydrogen-bond acceptors (Lipinski definition) is 1. The van der Waals surface area contributed by atoms with Crippen LogP contribution in [-0.4, -0.2) is 6.61 Å². The van der Waals surface area contributed by atoms with E-state index >= 15 is 0 Å². The van der Waals surface area contributed by atoms with Gasteiger partial charge in [0.25, 0.3) is 0 Å². The lowest BCUT2D eigenvalue weighted by Crippen LogP contribution is -1.90. The monoisotopic (exact) mass is 404 g/mol. The molecule has 0 amide bonds. The minimum absolute atomic E-state index is 0.240. The van der Waals surface area contributed by atoms with E-state index in [1.54, 1.807) is 0 Å². The quantitative estimate of drug-likeness (QED) is 0.468. The minimum Gasteiger partial charge on any atom is -0.368 e. The maximum atomic E-state index is 5.41. The van der Waals surface area contributed by atoms with Crippen molar-refractivity contribution in [1.29, 1.82) is 0 Å². The fourth-order valence-corrected chi connectivity index (χ4v) is 3.79. The minimum atomic E-state index is 0.240. The van der Waals surface area contributed by atoms with Crippen molar-refractivity contribution in [2.24, 2.45) is 0 Å². The van der Waals surface area contributed by atoms with Crippen molar-refractivity contribution in [1.82, 2.24) is 0 Å². The van der Waals surface area contributed by atoms with Gasteiger partial charge < -0.3 is 4.74 Å². The summed E-state index contributed by atoms with van der Waals surface area (Å²) < 4.78 is 8.63. The van der Waals surface area contributed by atoms with Crippen molar-refractivity contribution >= 4 is 58.6 Å². The second-order valence-electron chi connectivity index (χ2n) is 3.72. The van der Waals surface area contributed by atoms with E-state index in [4.69, 9.17) is 4.74 Å². The van der Waals surface area contributed by atoms with E-state index in [-0.39, 0.29) is 6.10 Å². The van der Waals surface area contributed by atoms with Crippen molar-refractivity contribution in [2.45, 2.75) is 6.10 Å². The third-order valence-electron chi connectivity index (χ3n) is 2.73. The molecule has 3 rings (SSSR count). The van der Waals surface area contributed by atoms with Gasteiger partial charge in [-0.25, -0.2) is 0 Å². The van der Waals surface area contributed by atoms with Crippen LogP contribution in [0.3, 0.4) is 0 Å². The second-order valence-corrected chi connectivity index (χ2v) is 6.10. The van der Waals surface area contributed by atoms with Crippen LogP contribution in [0, 0.1) is 0 Å². The number of benzene rings is 2. The lowest BCUT2D eigenvalue weighted by Gasteiger charge is -2.11. The van der Waals surface area contributed by atoms with Crippen LogP contribution in [0.5, 0.6) is 0 Å². The maximum absolute atomic E-state index is 5.41. The summed E-state index contributed by atoms with van der Waals surface area (Å²) in [5.74, 6) is 0. The molecule has 1 aliphatic rings. The number of hydrogen-bond donors (Lipinski definition) is 0. The first-order valence-corrected chi connectivity index (χ1v) is 7.24. The van der Waals surface area contributed by atoms with E-state index in [0.717, 1.165) is 20.0 Å². The van der Waals surface area contributed by atoms with E-state index in [2.05, 4.69) is 66.0 Å². The van der Waals surface area contributed by atoms with Gasteiger partial charge in [0, 0.05) is 19.0 Å². The normalized spacial score (nSPS) is 19.1. The molecule has 0 aromatic heterocycles. The van der Waals surface area contributed by atoms with E-state index in [1.807, 2.05) is 6.07 Å². The Morgan fingerprint density at radius 3 is 2.19 bits per heavy atom. The molecule has 16 heavy (non-hydrogen) atoms.